The van der Waals surface area contributed by atoms with Crippen molar-refractivity contribution in [3.63, 3.8) is 0 Å². The molecule has 14 amide bonds. The van der Waals surface area contributed by atoms with Crippen LogP contribution in [0.25, 0.3) is 10.8 Å². The van der Waals surface area contributed by atoms with Crippen molar-refractivity contribution >= 4 is 105 Å². The summed E-state index contributed by atoms with van der Waals surface area (Å²) in [5.41, 5.74) is 7.21. The number of halogens is 1. The average Bonchev–Trinajstić information content (AvgIpc) is 1.67. The average molecular weight is 1680 g/mol. The molecular weight excluding hydrogens is 1560 g/mol. The van der Waals surface area contributed by atoms with Gasteiger partial charge < -0.3 is 90.0 Å². The summed E-state index contributed by atoms with van der Waals surface area (Å²) in [5, 5.41) is 59.0. The van der Waals surface area contributed by atoms with Crippen molar-refractivity contribution in [2.75, 3.05) is 39.4 Å². The Morgan fingerprint density at radius 2 is 0.950 bits per heavy atom. The summed E-state index contributed by atoms with van der Waals surface area (Å²) in [4.78, 5) is 211. The molecule has 0 aliphatic carbocycles. The Hall–Kier alpha value is -11.9. The van der Waals surface area contributed by atoms with Gasteiger partial charge in [0.05, 0.1) is 13.2 Å². The minimum atomic E-state index is -1.89. The zero-order chi connectivity index (χ0) is 87.2. The highest BCUT2D eigenvalue weighted by atomic mass is 35.5. The molecule has 11 atom stereocenters. The highest BCUT2D eigenvalue weighted by Gasteiger charge is 2.41. The van der Waals surface area contributed by atoms with Gasteiger partial charge in [0.25, 0.3) is 11.8 Å². The zero-order valence-electron chi connectivity index (χ0n) is 68.5. The minimum absolute atomic E-state index is 0.00306. The van der Waals surface area contributed by atoms with Gasteiger partial charge in [0.1, 0.15) is 77.8 Å². The lowest BCUT2D eigenvalue weighted by Gasteiger charge is -2.31. The van der Waals surface area contributed by atoms with Gasteiger partial charge in [0, 0.05) is 81.7 Å². The fourth-order valence-corrected chi connectivity index (χ4v) is 13.6. The number of unbranched alkanes of at least 4 members (excludes halogenated alkanes) is 3. The summed E-state index contributed by atoms with van der Waals surface area (Å²) >= 11 is 6.27. The molecule has 1 saturated heterocycles. The third kappa shape index (κ3) is 31.8. The van der Waals surface area contributed by atoms with Crippen LogP contribution in [0.3, 0.4) is 0 Å². The molecule has 120 heavy (non-hydrogen) atoms. The van der Waals surface area contributed by atoms with E-state index in [1.54, 1.807) is 74.5 Å². The number of aliphatic hydroxyl groups is 2. The van der Waals surface area contributed by atoms with Gasteiger partial charge in [-0.2, -0.15) is 0 Å². The quantitative estimate of drug-likeness (QED) is 0.0240. The van der Waals surface area contributed by atoms with Crippen LogP contribution >= 0.6 is 11.6 Å². The first-order valence-corrected chi connectivity index (χ1v) is 40.9. The molecule has 1 fully saturated rings. The maximum absolute atomic E-state index is 15.3. The lowest BCUT2D eigenvalue weighted by Crippen LogP contribution is -2.61. The highest BCUT2D eigenvalue weighted by Crippen LogP contribution is 2.23. The number of pyridine rings is 3. The van der Waals surface area contributed by atoms with Crippen molar-refractivity contribution in [2.45, 2.75) is 210 Å². The van der Waals surface area contributed by atoms with Gasteiger partial charge in [-0.15, -0.1) is 0 Å². The number of primary amides is 1. The summed E-state index contributed by atoms with van der Waals surface area (Å²) in [6.45, 7) is 8.99. The molecule has 1 aliphatic heterocycles. The topological polar surface area (TPSA) is 504 Å². The first kappa shape index (κ1) is 95.3. The monoisotopic (exact) mass is 1680 g/mol. The van der Waals surface area contributed by atoms with Gasteiger partial charge in [-0.05, 0) is 166 Å². The predicted molar refractivity (Wildman–Crippen MR) is 447 cm³/mol. The zero-order valence-corrected chi connectivity index (χ0v) is 69.2. The molecule has 0 bridgehead atoms. The molecular formula is C85H113ClN18O16. The number of hydrogen-bond acceptors (Lipinski definition) is 20. The van der Waals surface area contributed by atoms with Crippen LogP contribution < -0.4 is 74.9 Å². The molecule has 6 aromatic rings. The number of aliphatic hydroxyl groups excluding tert-OH is 2. The van der Waals surface area contributed by atoms with Gasteiger partial charge in [0.15, 0.2) is 0 Å². The van der Waals surface area contributed by atoms with Crippen LogP contribution in [0, 0.1) is 5.92 Å². The number of benzene rings is 3. The van der Waals surface area contributed by atoms with E-state index in [0.717, 1.165) is 10.8 Å². The third-order valence-corrected chi connectivity index (χ3v) is 20.1. The van der Waals surface area contributed by atoms with Crippen LogP contribution in [0.2, 0.25) is 5.02 Å². The van der Waals surface area contributed by atoms with E-state index < -0.39 is 162 Å². The van der Waals surface area contributed by atoms with Crippen molar-refractivity contribution in [1.29, 1.82) is 0 Å². The van der Waals surface area contributed by atoms with Crippen LogP contribution in [0.5, 0.6) is 0 Å². The normalized spacial score (nSPS) is 15.0. The summed E-state index contributed by atoms with van der Waals surface area (Å²) in [7, 11) is 0. The lowest BCUT2D eigenvalue weighted by atomic mass is 9.99. The fourth-order valence-electron chi connectivity index (χ4n) is 13.4. The van der Waals surface area contributed by atoms with Crippen LogP contribution in [0.15, 0.2) is 140 Å². The molecule has 17 N–H and O–H groups in total. The van der Waals surface area contributed by atoms with Gasteiger partial charge >= 0.3 is 0 Å². The number of nitrogens with one attached hydrogen (secondary N) is 13. The Morgan fingerprint density at radius 1 is 0.467 bits per heavy atom. The lowest BCUT2D eigenvalue weighted by molar-refractivity contribution is -0.142. The van der Waals surface area contributed by atoms with Crippen molar-refractivity contribution in [3.8, 4) is 0 Å². The van der Waals surface area contributed by atoms with Crippen molar-refractivity contribution < 1.29 is 77.3 Å². The van der Waals surface area contributed by atoms with Crippen LogP contribution in [0.1, 0.15) is 156 Å². The Morgan fingerprint density at radius 3 is 1.51 bits per heavy atom. The number of rotatable bonds is 49. The maximum atomic E-state index is 15.3. The number of carbonyl (C=O) groups excluding carboxylic acids is 14. The number of nitrogens with two attached hydrogens (primary N) is 1. The number of amides is 14. The molecule has 0 unspecified atom stereocenters. The van der Waals surface area contributed by atoms with E-state index >= 15 is 9.59 Å². The molecule has 646 valence electrons. The number of hydrogen-bond donors (Lipinski definition) is 16. The number of nitrogens with zero attached hydrogens (tertiary/aromatic N) is 4. The maximum Gasteiger partial charge on any atom is 0.270 e. The van der Waals surface area contributed by atoms with E-state index in [-0.39, 0.29) is 120 Å². The summed E-state index contributed by atoms with van der Waals surface area (Å²) in [5.74, 6) is -11.3. The Balaban J connectivity index is 1.17. The Labute approximate surface area is 702 Å². The summed E-state index contributed by atoms with van der Waals surface area (Å²) in [6, 6.07) is 16.9. The van der Waals surface area contributed by atoms with Crippen molar-refractivity contribution in [3.05, 3.63) is 173 Å². The molecule has 4 heterocycles. The largest absolute Gasteiger partial charge is 0.394 e. The second kappa shape index (κ2) is 49.5. The minimum Gasteiger partial charge on any atom is -0.394 e. The number of aromatic nitrogens is 3. The summed E-state index contributed by atoms with van der Waals surface area (Å²) in [6.07, 6.45) is 7.12. The van der Waals surface area contributed by atoms with E-state index in [4.69, 9.17) is 17.3 Å². The van der Waals surface area contributed by atoms with E-state index in [1.807, 2.05) is 56.3 Å². The van der Waals surface area contributed by atoms with Gasteiger partial charge in [-0.25, -0.2) is 0 Å². The predicted octanol–water partition coefficient (Wildman–Crippen LogP) is 1.47. The molecule has 35 heteroatoms. The smallest absolute Gasteiger partial charge is 0.270 e. The van der Waals surface area contributed by atoms with Gasteiger partial charge in [-0.1, -0.05) is 112 Å². The van der Waals surface area contributed by atoms with Gasteiger partial charge in [0.2, 0.25) is 70.9 Å². The highest BCUT2D eigenvalue weighted by molar-refractivity contribution is 6.30. The number of carbonyl (C=O) groups is 14. The van der Waals surface area contributed by atoms with E-state index in [0.29, 0.717) is 47.5 Å². The van der Waals surface area contributed by atoms with Crippen LogP contribution in [-0.2, 0) is 76.8 Å². The second-order valence-corrected chi connectivity index (χ2v) is 30.8. The van der Waals surface area contributed by atoms with Crippen LogP contribution in [-0.4, -0.2) is 225 Å². The summed E-state index contributed by atoms with van der Waals surface area (Å²) < 4.78 is 0. The van der Waals surface area contributed by atoms with Crippen molar-refractivity contribution in [2.24, 2.45) is 11.7 Å². The van der Waals surface area contributed by atoms with Crippen molar-refractivity contribution in [1.82, 2.24) is 89.0 Å². The third-order valence-electron chi connectivity index (χ3n) is 19.9. The van der Waals surface area contributed by atoms with Gasteiger partial charge in [-0.3, -0.25) is 82.1 Å². The number of likely N-dealkylation sites (tertiary alicyclic amines) is 1. The second-order valence-electron chi connectivity index (χ2n) is 30.4. The molecule has 34 nitrogen and oxygen atoms in total. The molecule has 0 saturated carbocycles. The molecule has 0 spiro atoms. The first-order chi connectivity index (χ1) is 57.5. The Kier molecular flexibility index (Phi) is 39.3. The molecule has 0 radical (unpaired) electrons. The van der Waals surface area contributed by atoms with E-state index in [1.165, 1.54) is 55.7 Å². The standard InChI is InChI=1S/C85H113ClN18O16/c1-51(2)43-66(79(114)98-65(28-13-14-37-89-52(3)4)85(120)104-42-20-29-72(104)84(119)94-53(5)73(87)108)99-78(113)64(27-11-17-40-92-74(109)61-24-9-15-38-90-61)96-77(112)63(26-12-18-41-93-75(110)70(49-105)102-76(111)62-25-10-16-39-91-62)97-83(118)71(50-106)103-82(117)69(47-57-21-19-36-88-48-57)101-81(116)68(45-55-31-34-60(86)35-32-55)100-80(115)67(95-54(6)107)46-56-30-33-58-22-7-8-23-59(58)44-56/h7-10,15-16,19,21-25,30-36,38-39,44,48,51-53,63-72,89,105-106H,11-14,17-18,20,26-29,37,40-43,45-47,49-50H2,1-6H3,(H2,87,108)(H,92,109)(H,93,110)(H,94,119)(H,95,107)(H,96,112)(H,97,118)(H,98,114)(H,99,113)(H,100,115)(H,101,116)(H,102,111)(H,103,117)/t53-,63+,64-,65+,66+,67-,68-,69-,70+,71+,72+/m1/s1. The SMILES string of the molecule is CC(=O)N[C@H](Cc1ccc2ccccc2c1)C(=O)N[C@H](Cc1ccc(Cl)cc1)C(=O)N[C@H](Cc1cccnc1)C(=O)N[C@@H](CO)C(=O)N[C@@H](CCCCNC(=O)[C@H](CO)NC(=O)c1ccccn1)C(=O)N[C@H](CCCCNC(=O)c1ccccn1)C(=O)N[C@@H](CC(C)C)C(=O)N[C@@H](CCCCNC(C)C)C(=O)N1CCC[C@H]1C(=O)N[C@H](C)C(N)=O. The van der Waals surface area contributed by atoms with Crippen LogP contribution in [0.4, 0.5) is 0 Å². The molecule has 7 rings (SSSR count). The number of fused-ring (bicyclic) bond motifs is 1. The molecule has 3 aromatic heterocycles. The van der Waals surface area contributed by atoms with E-state index in [2.05, 4.69) is 84.1 Å². The fraction of sp³-hybridized carbons (Fsp3) is 0.471. The Bertz CT molecular complexity index is 4420. The van der Waals surface area contributed by atoms with E-state index in [9.17, 15) is 67.7 Å². The first-order valence-electron chi connectivity index (χ1n) is 40.6. The molecule has 3 aromatic carbocycles. The molecule has 1 aliphatic rings.